The minimum Gasteiger partial charge on any atom is -0.497 e. The third kappa shape index (κ3) is 6.22. The largest absolute Gasteiger partial charge is 0.497 e. The molecule has 2 amide bonds. The lowest BCUT2D eigenvalue weighted by Crippen LogP contribution is -2.49. The van der Waals surface area contributed by atoms with Crippen molar-refractivity contribution >= 4 is 47.4 Å². The minimum atomic E-state index is -0.0741. The van der Waals surface area contributed by atoms with Crippen LogP contribution in [0.4, 0.5) is 5.69 Å². The van der Waals surface area contributed by atoms with E-state index in [9.17, 15) is 9.59 Å². The summed E-state index contributed by atoms with van der Waals surface area (Å²) in [6.45, 7) is 2.41. The van der Waals surface area contributed by atoms with Crippen LogP contribution in [0.2, 0.25) is 0 Å². The Kier molecular flexibility index (Phi) is 8.99. The van der Waals surface area contributed by atoms with Crippen molar-refractivity contribution in [1.82, 2.24) is 15.5 Å². The van der Waals surface area contributed by atoms with E-state index in [0.29, 0.717) is 18.9 Å². The SMILES string of the molecule is CN=C(NCC(=O)N1CCCCC1)NC1CC(=O)N(c2cccc(OC)c2)C1.I. The summed E-state index contributed by atoms with van der Waals surface area (Å²) in [4.78, 5) is 32.6. The molecule has 2 fully saturated rings. The first-order valence-electron chi connectivity index (χ1n) is 9.80. The van der Waals surface area contributed by atoms with Crippen molar-refractivity contribution in [3.8, 4) is 5.75 Å². The quantitative estimate of drug-likeness (QED) is 0.354. The van der Waals surface area contributed by atoms with Crippen LogP contribution >= 0.6 is 24.0 Å². The van der Waals surface area contributed by atoms with Crippen LogP contribution in [0.15, 0.2) is 29.3 Å². The van der Waals surface area contributed by atoms with Crippen molar-refractivity contribution in [3.05, 3.63) is 24.3 Å². The third-order valence-electron chi connectivity index (χ3n) is 5.17. The average molecular weight is 515 g/mol. The molecule has 0 saturated carbocycles. The molecule has 2 aliphatic rings. The fourth-order valence-electron chi connectivity index (χ4n) is 3.63. The van der Waals surface area contributed by atoms with Gasteiger partial charge in [0.1, 0.15) is 5.75 Å². The summed E-state index contributed by atoms with van der Waals surface area (Å²) < 4.78 is 5.24. The maximum Gasteiger partial charge on any atom is 0.241 e. The maximum absolute atomic E-state index is 12.5. The number of nitrogens with one attached hydrogen (secondary N) is 2. The predicted molar refractivity (Wildman–Crippen MR) is 124 cm³/mol. The molecule has 1 aromatic carbocycles. The molecule has 9 heteroatoms. The maximum atomic E-state index is 12.5. The Labute approximate surface area is 189 Å². The van der Waals surface area contributed by atoms with E-state index >= 15 is 0 Å². The number of rotatable bonds is 5. The topological polar surface area (TPSA) is 86.3 Å². The fraction of sp³-hybridized carbons (Fsp3) is 0.550. The lowest BCUT2D eigenvalue weighted by Gasteiger charge is -2.27. The molecule has 0 radical (unpaired) electrons. The fourth-order valence-corrected chi connectivity index (χ4v) is 3.63. The van der Waals surface area contributed by atoms with Crippen molar-refractivity contribution in [2.75, 3.05) is 45.2 Å². The Morgan fingerprint density at radius 3 is 2.72 bits per heavy atom. The normalized spacial score (nSPS) is 19.6. The number of anilines is 1. The Bertz CT molecular complexity index is 737. The second kappa shape index (κ2) is 11.2. The van der Waals surface area contributed by atoms with Gasteiger partial charge in [-0.15, -0.1) is 24.0 Å². The number of ether oxygens (including phenoxy) is 1. The number of hydrogen-bond acceptors (Lipinski definition) is 4. The van der Waals surface area contributed by atoms with E-state index in [0.717, 1.165) is 37.4 Å². The highest BCUT2D eigenvalue weighted by atomic mass is 127. The number of likely N-dealkylation sites (tertiary alicyclic amines) is 1. The van der Waals surface area contributed by atoms with Gasteiger partial charge in [-0.2, -0.15) is 0 Å². The number of methoxy groups -OCH3 is 1. The van der Waals surface area contributed by atoms with Gasteiger partial charge in [0, 0.05) is 44.9 Å². The summed E-state index contributed by atoms with van der Waals surface area (Å²) >= 11 is 0. The second-order valence-electron chi connectivity index (χ2n) is 7.12. The molecule has 2 heterocycles. The molecule has 2 saturated heterocycles. The van der Waals surface area contributed by atoms with Gasteiger partial charge in [-0.25, -0.2) is 0 Å². The summed E-state index contributed by atoms with van der Waals surface area (Å²) in [5.41, 5.74) is 0.817. The van der Waals surface area contributed by atoms with Gasteiger partial charge in [-0.05, 0) is 31.4 Å². The summed E-state index contributed by atoms with van der Waals surface area (Å²) in [6.07, 6.45) is 3.71. The first-order chi connectivity index (χ1) is 13.6. The Hall–Kier alpha value is -2.04. The van der Waals surface area contributed by atoms with Crippen LogP contribution in [0.5, 0.6) is 5.75 Å². The number of benzene rings is 1. The van der Waals surface area contributed by atoms with Crippen LogP contribution in [0.3, 0.4) is 0 Å². The van der Waals surface area contributed by atoms with Crippen molar-refractivity contribution < 1.29 is 14.3 Å². The van der Waals surface area contributed by atoms with Crippen LogP contribution in [0, 0.1) is 0 Å². The summed E-state index contributed by atoms with van der Waals surface area (Å²) in [6, 6.07) is 7.40. The van der Waals surface area contributed by atoms with Crippen LogP contribution in [-0.4, -0.2) is 69.1 Å². The highest BCUT2D eigenvalue weighted by molar-refractivity contribution is 14.0. The number of hydrogen-bond donors (Lipinski definition) is 2. The molecule has 0 bridgehead atoms. The summed E-state index contributed by atoms with van der Waals surface area (Å²) in [7, 11) is 3.27. The van der Waals surface area contributed by atoms with Gasteiger partial charge in [0.15, 0.2) is 5.96 Å². The highest BCUT2D eigenvalue weighted by Gasteiger charge is 2.31. The molecule has 1 unspecified atom stereocenters. The monoisotopic (exact) mass is 515 g/mol. The molecule has 8 nitrogen and oxygen atoms in total. The number of aliphatic imine (C=N–C) groups is 1. The minimum absolute atomic E-state index is 0. The molecule has 160 valence electrons. The lowest BCUT2D eigenvalue weighted by atomic mass is 10.1. The number of halogens is 1. The van der Waals surface area contributed by atoms with Crippen molar-refractivity contribution in [3.63, 3.8) is 0 Å². The van der Waals surface area contributed by atoms with E-state index in [2.05, 4.69) is 15.6 Å². The number of amides is 2. The third-order valence-corrected chi connectivity index (χ3v) is 5.17. The zero-order valence-corrected chi connectivity index (χ0v) is 19.3. The number of guanidine groups is 1. The van der Waals surface area contributed by atoms with Crippen LogP contribution < -0.4 is 20.3 Å². The molecular weight excluding hydrogens is 485 g/mol. The number of carbonyl (C=O) groups is 2. The van der Waals surface area contributed by atoms with E-state index in [1.165, 1.54) is 6.42 Å². The standard InChI is InChI=1S/C20H29N5O3.HI/c1-21-20(22-13-19(27)24-9-4-3-5-10-24)23-15-11-18(26)25(14-15)16-7-6-8-17(12-16)28-2;/h6-8,12,15H,3-5,9-11,13-14H2,1-2H3,(H2,21,22,23);1H. The van der Waals surface area contributed by atoms with Gasteiger partial charge in [0.2, 0.25) is 11.8 Å². The Balaban J connectivity index is 0.00000300. The molecule has 0 spiro atoms. The second-order valence-corrected chi connectivity index (χ2v) is 7.12. The Morgan fingerprint density at radius 2 is 2.03 bits per heavy atom. The summed E-state index contributed by atoms with van der Waals surface area (Å²) in [5, 5.41) is 6.34. The van der Waals surface area contributed by atoms with E-state index < -0.39 is 0 Å². The average Bonchev–Trinajstić information content (AvgIpc) is 3.11. The molecule has 3 rings (SSSR count). The van der Waals surface area contributed by atoms with E-state index in [1.54, 1.807) is 19.1 Å². The van der Waals surface area contributed by atoms with Crippen LogP contribution in [-0.2, 0) is 9.59 Å². The number of piperidine rings is 1. The van der Waals surface area contributed by atoms with Gasteiger partial charge in [-0.1, -0.05) is 6.07 Å². The first kappa shape index (κ1) is 23.2. The lowest BCUT2D eigenvalue weighted by molar-refractivity contribution is -0.130. The van der Waals surface area contributed by atoms with Gasteiger partial charge in [-0.3, -0.25) is 14.6 Å². The smallest absolute Gasteiger partial charge is 0.241 e. The van der Waals surface area contributed by atoms with E-state index in [4.69, 9.17) is 4.74 Å². The molecular formula is C20H30IN5O3. The van der Waals surface area contributed by atoms with Crippen molar-refractivity contribution in [1.29, 1.82) is 0 Å². The van der Waals surface area contributed by atoms with Gasteiger partial charge < -0.3 is 25.2 Å². The Morgan fingerprint density at radius 1 is 1.28 bits per heavy atom. The highest BCUT2D eigenvalue weighted by Crippen LogP contribution is 2.25. The van der Waals surface area contributed by atoms with Gasteiger partial charge in [0.25, 0.3) is 0 Å². The van der Waals surface area contributed by atoms with E-state index in [1.807, 2.05) is 29.2 Å². The van der Waals surface area contributed by atoms with Crippen molar-refractivity contribution in [2.24, 2.45) is 4.99 Å². The van der Waals surface area contributed by atoms with Crippen molar-refractivity contribution in [2.45, 2.75) is 31.7 Å². The van der Waals surface area contributed by atoms with Gasteiger partial charge >= 0.3 is 0 Å². The number of carbonyl (C=O) groups excluding carboxylic acids is 2. The van der Waals surface area contributed by atoms with Gasteiger partial charge in [0.05, 0.1) is 19.7 Å². The first-order valence-corrected chi connectivity index (χ1v) is 9.80. The zero-order chi connectivity index (χ0) is 19.9. The molecule has 0 aliphatic carbocycles. The molecule has 1 aromatic rings. The molecule has 2 aliphatic heterocycles. The van der Waals surface area contributed by atoms with E-state index in [-0.39, 0.29) is 48.4 Å². The molecule has 1 atom stereocenters. The predicted octanol–water partition coefficient (Wildman–Crippen LogP) is 1.60. The van der Waals surface area contributed by atoms with Crippen LogP contribution in [0.1, 0.15) is 25.7 Å². The zero-order valence-electron chi connectivity index (χ0n) is 17.0. The summed E-state index contributed by atoms with van der Waals surface area (Å²) in [5.74, 6) is 1.39. The van der Waals surface area contributed by atoms with Crippen LogP contribution in [0.25, 0.3) is 0 Å². The molecule has 2 N–H and O–H groups in total. The molecule has 29 heavy (non-hydrogen) atoms. The molecule has 0 aromatic heterocycles. The number of nitrogens with zero attached hydrogens (tertiary/aromatic N) is 3.